The minimum Gasteiger partial charge on any atom is -0.345 e. The van der Waals surface area contributed by atoms with E-state index >= 15 is 0 Å². The lowest BCUT2D eigenvalue weighted by Crippen LogP contribution is -2.47. The smallest absolute Gasteiger partial charge is 0.251 e. The van der Waals surface area contributed by atoms with Crippen molar-refractivity contribution >= 4 is 17.7 Å². The molecule has 0 spiro atoms. The third-order valence-electron chi connectivity index (χ3n) is 3.65. The SMILES string of the molecule is CC(NC(=O)c1ccccc1)C(=O)NCC(=O)N1CCCC1. The number of nitrogens with zero attached hydrogens (tertiary/aromatic N) is 1. The number of carbonyl (C=O) groups excluding carboxylic acids is 3. The molecule has 0 aliphatic carbocycles. The van der Waals surface area contributed by atoms with Crippen LogP contribution in [-0.4, -0.2) is 48.3 Å². The van der Waals surface area contributed by atoms with Crippen LogP contribution in [0, 0.1) is 0 Å². The minimum absolute atomic E-state index is 0.0234. The highest BCUT2D eigenvalue weighted by Crippen LogP contribution is 2.06. The molecule has 1 atom stereocenters. The van der Waals surface area contributed by atoms with E-state index in [1.54, 1.807) is 36.1 Å². The first kappa shape index (κ1) is 16.0. The van der Waals surface area contributed by atoms with Crippen molar-refractivity contribution in [1.29, 1.82) is 0 Å². The molecule has 2 rings (SSSR count). The van der Waals surface area contributed by atoms with Gasteiger partial charge >= 0.3 is 0 Å². The van der Waals surface area contributed by atoms with Gasteiger partial charge in [-0.2, -0.15) is 0 Å². The van der Waals surface area contributed by atoms with E-state index in [4.69, 9.17) is 0 Å². The summed E-state index contributed by atoms with van der Waals surface area (Å²) in [6, 6.07) is 7.99. The first-order valence-corrected chi connectivity index (χ1v) is 7.49. The number of carbonyl (C=O) groups is 3. The zero-order valence-electron chi connectivity index (χ0n) is 12.7. The van der Waals surface area contributed by atoms with Crippen LogP contribution in [0.1, 0.15) is 30.1 Å². The predicted molar refractivity (Wildman–Crippen MR) is 82.2 cm³/mol. The Bertz CT molecular complexity index is 539. The topological polar surface area (TPSA) is 78.5 Å². The van der Waals surface area contributed by atoms with Crippen LogP contribution in [-0.2, 0) is 9.59 Å². The van der Waals surface area contributed by atoms with Crippen molar-refractivity contribution in [2.24, 2.45) is 0 Å². The lowest BCUT2D eigenvalue weighted by molar-refractivity contribution is -0.132. The monoisotopic (exact) mass is 303 g/mol. The fourth-order valence-corrected chi connectivity index (χ4v) is 2.33. The van der Waals surface area contributed by atoms with Gasteiger partial charge in [-0.1, -0.05) is 18.2 Å². The van der Waals surface area contributed by atoms with Gasteiger partial charge in [0.05, 0.1) is 6.54 Å². The predicted octanol–water partition coefficient (Wildman–Crippen LogP) is 0.543. The van der Waals surface area contributed by atoms with E-state index in [0.29, 0.717) is 5.56 Å². The molecular formula is C16H21N3O3. The molecule has 1 unspecified atom stereocenters. The van der Waals surface area contributed by atoms with E-state index in [-0.39, 0.29) is 24.3 Å². The van der Waals surface area contributed by atoms with Crippen molar-refractivity contribution in [3.05, 3.63) is 35.9 Å². The van der Waals surface area contributed by atoms with Crippen LogP contribution in [0.3, 0.4) is 0 Å². The average Bonchev–Trinajstić information content (AvgIpc) is 3.07. The Kier molecular flexibility index (Phi) is 5.52. The van der Waals surface area contributed by atoms with Crippen molar-refractivity contribution in [3.63, 3.8) is 0 Å². The van der Waals surface area contributed by atoms with Gasteiger partial charge in [0, 0.05) is 18.7 Å². The normalized spacial score (nSPS) is 15.2. The van der Waals surface area contributed by atoms with Crippen LogP contribution in [0.15, 0.2) is 30.3 Å². The molecule has 2 N–H and O–H groups in total. The van der Waals surface area contributed by atoms with Crippen LogP contribution in [0.5, 0.6) is 0 Å². The minimum atomic E-state index is -0.695. The van der Waals surface area contributed by atoms with Gasteiger partial charge in [0.1, 0.15) is 6.04 Å². The summed E-state index contributed by atoms with van der Waals surface area (Å²) in [6.45, 7) is 3.09. The maximum absolute atomic E-state index is 11.9. The van der Waals surface area contributed by atoms with Gasteiger partial charge in [-0.05, 0) is 31.9 Å². The molecule has 0 bridgehead atoms. The number of nitrogens with one attached hydrogen (secondary N) is 2. The zero-order valence-corrected chi connectivity index (χ0v) is 12.7. The molecule has 6 nitrogen and oxygen atoms in total. The van der Waals surface area contributed by atoms with Gasteiger partial charge in [-0.25, -0.2) is 0 Å². The molecule has 1 fully saturated rings. The first-order valence-electron chi connectivity index (χ1n) is 7.49. The van der Waals surface area contributed by atoms with Crippen LogP contribution in [0.25, 0.3) is 0 Å². The second-order valence-electron chi connectivity index (χ2n) is 5.37. The van der Waals surface area contributed by atoms with Crippen molar-refractivity contribution in [3.8, 4) is 0 Å². The van der Waals surface area contributed by atoms with E-state index < -0.39 is 6.04 Å². The van der Waals surface area contributed by atoms with Gasteiger partial charge in [-0.15, -0.1) is 0 Å². The Morgan fingerprint density at radius 3 is 2.41 bits per heavy atom. The molecule has 1 heterocycles. The molecule has 1 aromatic carbocycles. The van der Waals surface area contributed by atoms with Gasteiger partial charge in [0.25, 0.3) is 5.91 Å². The number of amides is 3. The summed E-state index contributed by atoms with van der Waals surface area (Å²) in [6.07, 6.45) is 2.03. The molecule has 0 aromatic heterocycles. The highest BCUT2D eigenvalue weighted by atomic mass is 16.2. The Labute approximate surface area is 129 Å². The third kappa shape index (κ3) is 4.31. The Hall–Kier alpha value is -2.37. The Balaban J connectivity index is 1.77. The van der Waals surface area contributed by atoms with Gasteiger partial charge in [0.15, 0.2) is 0 Å². The molecule has 0 saturated carbocycles. The quantitative estimate of drug-likeness (QED) is 0.833. The summed E-state index contributed by atoms with van der Waals surface area (Å²) in [4.78, 5) is 37.5. The lowest BCUT2D eigenvalue weighted by Gasteiger charge is -2.17. The largest absolute Gasteiger partial charge is 0.345 e. The maximum atomic E-state index is 11.9. The standard InChI is InChI=1S/C16H21N3O3/c1-12(18-16(22)13-7-3-2-4-8-13)15(21)17-11-14(20)19-9-5-6-10-19/h2-4,7-8,12H,5-6,9-11H2,1H3,(H,17,21)(H,18,22). The van der Waals surface area contributed by atoms with Gasteiger partial charge < -0.3 is 15.5 Å². The number of rotatable bonds is 5. The molecule has 118 valence electrons. The molecule has 1 saturated heterocycles. The van der Waals surface area contributed by atoms with Crippen LogP contribution < -0.4 is 10.6 Å². The molecule has 3 amide bonds. The molecule has 1 aliphatic rings. The van der Waals surface area contributed by atoms with E-state index in [1.807, 2.05) is 6.07 Å². The summed E-state index contributed by atoms with van der Waals surface area (Å²) < 4.78 is 0. The van der Waals surface area contributed by atoms with Crippen molar-refractivity contribution in [1.82, 2.24) is 15.5 Å². The highest BCUT2D eigenvalue weighted by Gasteiger charge is 2.20. The number of hydrogen-bond donors (Lipinski definition) is 2. The fraction of sp³-hybridized carbons (Fsp3) is 0.438. The Morgan fingerprint density at radius 1 is 1.14 bits per heavy atom. The summed E-state index contributed by atoms with van der Waals surface area (Å²) in [5, 5.41) is 5.18. The fourth-order valence-electron chi connectivity index (χ4n) is 2.33. The van der Waals surface area contributed by atoms with E-state index in [2.05, 4.69) is 10.6 Å². The zero-order chi connectivity index (χ0) is 15.9. The summed E-state index contributed by atoms with van der Waals surface area (Å²) in [7, 11) is 0. The number of hydrogen-bond acceptors (Lipinski definition) is 3. The van der Waals surface area contributed by atoms with Crippen LogP contribution in [0.4, 0.5) is 0 Å². The number of benzene rings is 1. The summed E-state index contributed by atoms with van der Waals surface area (Å²) in [5.41, 5.74) is 0.496. The van der Waals surface area contributed by atoms with Crippen molar-refractivity contribution < 1.29 is 14.4 Å². The third-order valence-corrected chi connectivity index (χ3v) is 3.65. The lowest BCUT2D eigenvalue weighted by atomic mass is 10.2. The molecule has 6 heteroatoms. The molecule has 1 aliphatic heterocycles. The molecular weight excluding hydrogens is 282 g/mol. The maximum Gasteiger partial charge on any atom is 0.251 e. The highest BCUT2D eigenvalue weighted by molar-refractivity contribution is 5.97. The van der Waals surface area contributed by atoms with Crippen molar-refractivity contribution in [2.45, 2.75) is 25.8 Å². The van der Waals surface area contributed by atoms with Gasteiger partial charge in [-0.3, -0.25) is 14.4 Å². The first-order chi connectivity index (χ1) is 10.6. The molecule has 0 radical (unpaired) electrons. The van der Waals surface area contributed by atoms with E-state index in [9.17, 15) is 14.4 Å². The molecule has 22 heavy (non-hydrogen) atoms. The second-order valence-corrected chi connectivity index (χ2v) is 5.37. The van der Waals surface area contributed by atoms with Crippen molar-refractivity contribution in [2.75, 3.05) is 19.6 Å². The average molecular weight is 303 g/mol. The van der Waals surface area contributed by atoms with Gasteiger partial charge in [0.2, 0.25) is 11.8 Å². The Morgan fingerprint density at radius 2 is 1.77 bits per heavy atom. The second kappa shape index (κ2) is 7.59. The number of likely N-dealkylation sites (tertiary alicyclic amines) is 1. The van der Waals surface area contributed by atoms with Crippen LogP contribution >= 0.6 is 0 Å². The summed E-state index contributed by atoms with van der Waals surface area (Å²) in [5.74, 6) is -0.751. The van der Waals surface area contributed by atoms with E-state index in [1.165, 1.54) is 0 Å². The van der Waals surface area contributed by atoms with Crippen LogP contribution in [0.2, 0.25) is 0 Å². The summed E-state index contributed by atoms with van der Waals surface area (Å²) >= 11 is 0. The molecule has 1 aromatic rings. The van der Waals surface area contributed by atoms with E-state index in [0.717, 1.165) is 25.9 Å².